The van der Waals surface area contributed by atoms with E-state index >= 15 is 0 Å². The lowest BCUT2D eigenvalue weighted by molar-refractivity contribution is 0.475. The van der Waals surface area contributed by atoms with Gasteiger partial charge in [0.15, 0.2) is 0 Å². The fourth-order valence-corrected chi connectivity index (χ4v) is 3.17. The second-order valence-corrected chi connectivity index (χ2v) is 7.75. The van der Waals surface area contributed by atoms with Crippen LogP contribution >= 0.6 is 0 Å². The summed E-state index contributed by atoms with van der Waals surface area (Å²) in [5.74, 6) is 0.265. The van der Waals surface area contributed by atoms with Crippen LogP contribution in [0.25, 0.3) is 11.1 Å². The van der Waals surface area contributed by atoms with Gasteiger partial charge in [0, 0.05) is 17.1 Å². The van der Waals surface area contributed by atoms with Crippen molar-refractivity contribution in [3.63, 3.8) is 0 Å². The molecule has 0 heterocycles. The van der Waals surface area contributed by atoms with Crippen LogP contribution in [0, 0.1) is 6.92 Å². The van der Waals surface area contributed by atoms with Gasteiger partial charge in [0.1, 0.15) is 12.4 Å². The first kappa shape index (κ1) is 26.4. The van der Waals surface area contributed by atoms with E-state index in [4.69, 9.17) is 0 Å². The Labute approximate surface area is 203 Å². The number of allylic oxidation sites excluding steroid dienone is 1. The van der Waals surface area contributed by atoms with Gasteiger partial charge >= 0.3 is 0 Å². The lowest BCUT2D eigenvalue weighted by atomic mass is 10.0. The summed E-state index contributed by atoms with van der Waals surface area (Å²) in [4.78, 5) is 2.18. The van der Waals surface area contributed by atoms with Crippen LogP contribution in [0.15, 0.2) is 116 Å². The van der Waals surface area contributed by atoms with Crippen LogP contribution < -0.4 is 4.90 Å². The van der Waals surface area contributed by atoms with Gasteiger partial charge in [-0.25, -0.2) is 4.39 Å². The maximum Gasteiger partial charge on any atom is 0.115 e. The third kappa shape index (κ3) is 7.93. The molecule has 0 fully saturated rings. The quantitative estimate of drug-likeness (QED) is 0.303. The fraction of sp³-hybridized carbons (Fsp3) is 0.161. The first-order chi connectivity index (χ1) is 16.5. The van der Waals surface area contributed by atoms with Crippen LogP contribution in [0.1, 0.15) is 25.8 Å². The summed E-state index contributed by atoms with van der Waals surface area (Å²) in [5.41, 5.74) is 6.81. The summed E-state index contributed by atoms with van der Waals surface area (Å²) in [6, 6.07) is 34.7. The summed E-state index contributed by atoms with van der Waals surface area (Å²) < 4.78 is 10.6. The van der Waals surface area contributed by atoms with Crippen LogP contribution in [0.2, 0.25) is 0 Å². The van der Waals surface area contributed by atoms with Crippen molar-refractivity contribution >= 4 is 17.1 Å². The molecule has 0 atom stereocenters. The van der Waals surface area contributed by atoms with Crippen molar-refractivity contribution in [2.45, 2.75) is 27.2 Å². The molecule has 34 heavy (non-hydrogen) atoms. The number of benzene rings is 4. The number of hydrogen-bond donors (Lipinski definition) is 1. The number of anilines is 3. The van der Waals surface area contributed by atoms with Crippen molar-refractivity contribution in [2.24, 2.45) is 0 Å². The number of hydrogen-bond acceptors (Lipinski definition) is 2. The minimum Gasteiger partial charge on any atom is -0.508 e. The molecule has 3 heteroatoms. The van der Waals surface area contributed by atoms with E-state index in [1.807, 2.05) is 30.3 Å². The molecule has 1 N–H and O–H groups in total. The zero-order valence-corrected chi connectivity index (χ0v) is 20.3. The van der Waals surface area contributed by atoms with Gasteiger partial charge in [0.2, 0.25) is 0 Å². The number of alkyl halides is 1. The number of nitrogens with zero attached hydrogens (tertiary/aromatic N) is 1. The predicted octanol–water partition coefficient (Wildman–Crippen LogP) is 9.40. The van der Waals surface area contributed by atoms with E-state index in [2.05, 4.69) is 92.9 Å². The lowest BCUT2D eigenvalue weighted by Gasteiger charge is -2.25. The Balaban J connectivity index is 0.000000519. The van der Waals surface area contributed by atoms with E-state index in [0.29, 0.717) is 0 Å². The maximum absolute atomic E-state index is 10.6. The molecule has 0 aliphatic heterocycles. The molecule has 0 aliphatic rings. The zero-order chi connectivity index (χ0) is 24.8. The van der Waals surface area contributed by atoms with E-state index < -0.39 is 6.67 Å². The number of rotatable bonds is 5. The van der Waals surface area contributed by atoms with Crippen molar-refractivity contribution < 1.29 is 9.50 Å². The fourth-order valence-electron chi connectivity index (χ4n) is 3.17. The number of para-hydroxylation sites is 1. The monoisotopic (exact) mass is 455 g/mol. The van der Waals surface area contributed by atoms with Gasteiger partial charge in [-0.05, 0) is 66.6 Å². The highest BCUT2D eigenvalue weighted by atomic mass is 19.1. The van der Waals surface area contributed by atoms with Crippen LogP contribution in [-0.4, -0.2) is 11.8 Å². The molecule has 0 unspecified atom stereocenters. The minimum absolute atomic E-state index is 0.265. The van der Waals surface area contributed by atoms with E-state index in [1.54, 1.807) is 12.1 Å². The summed E-state index contributed by atoms with van der Waals surface area (Å²) in [6.45, 7) is 9.04. The largest absolute Gasteiger partial charge is 0.508 e. The number of phenols is 1. The van der Waals surface area contributed by atoms with Gasteiger partial charge in [-0.3, -0.25) is 0 Å². The molecule has 0 aromatic heterocycles. The summed E-state index contributed by atoms with van der Waals surface area (Å²) in [7, 11) is 0. The second kappa shape index (κ2) is 14.3. The maximum atomic E-state index is 10.6. The molecule has 0 saturated carbocycles. The standard InChI is InChI=1S/C25H21NO.C3H5F.C3H8/c1-19-7-9-20(10-8-19)21-11-13-23(14-12-21)26(22-5-3-2-4-6-22)24-15-17-25(27)18-16-24;1-2-3-4;1-3-2/h2-18,27H,1H3;2H,1,3H2;3H2,1-2H3. The number of aromatic hydroxyl groups is 1. The van der Waals surface area contributed by atoms with Gasteiger partial charge in [-0.15, -0.1) is 6.58 Å². The van der Waals surface area contributed by atoms with Crippen molar-refractivity contribution in [1.29, 1.82) is 0 Å². The Morgan fingerprint density at radius 3 is 1.53 bits per heavy atom. The van der Waals surface area contributed by atoms with Crippen molar-refractivity contribution in [3.05, 3.63) is 121 Å². The van der Waals surface area contributed by atoms with Gasteiger partial charge in [0.25, 0.3) is 0 Å². The summed E-state index contributed by atoms with van der Waals surface area (Å²) >= 11 is 0. The van der Waals surface area contributed by atoms with Crippen LogP contribution in [-0.2, 0) is 0 Å². The van der Waals surface area contributed by atoms with Crippen molar-refractivity contribution in [1.82, 2.24) is 0 Å². The molecule has 0 radical (unpaired) electrons. The van der Waals surface area contributed by atoms with Gasteiger partial charge in [0.05, 0.1) is 0 Å². The van der Waals surface area contributed by atoms with E-state index in [1.165, 1.54) is 29.2 Å². The summed E-state index contributed by atoms with van der Waals surface area (Å²) in [6.07, 6.45) is 2.46. The van der Waals surface area contributed by atoms with Gasteiger partial charge in [-0.1, -0.05) is 86.5 Å². The Morgan fingerprint density at radius 2 is 1.09 bits per heavy atom. The molecule has 0 saturated heterocycles. The van der Waals surface area contributed by atoms with Gasteiger partial charge < -0.3 is 10.0 Å². The van der Waals surface area contributed by atoms with E-state index in [9.17, 15) is 9.50 Å². The highest BCUT2D eigenvalue weighted by Gasteiger charge is 2.12. The molecule has 0 bridgehead atoms. The van der Waals surface area contributed by atoms with E-state index in [0.717, 1.165) is 17.1 Å². The molecular formula is C31H34FNO. The molecular weight excluding hydrogens is 421 g/mol. The second-order valence-electron chi connectivity index (χ2n) is 7.75. The average Bonchev–Trinajstić information content (AvgIpc) is 2.88. The Hall–Kier alpha value is -3.85. The van der Waals surface area contributed by atoms with Crippen LogP contribution in [0.5, 0.6) is 5.75 Å². The average molecular weight is 456 g/mol. The highest BCUT2D eigenvalue weighted by Crippen LogP contribution is 2.36. The van der Waals surface area contributed by atoms with Gasteiger partial charge in [-0.2, -0.15) is 0 Å². The Bertz CT molecular complexity index is 1090. The van der Waals surface area contributed by atoms with Crippen LogP contribution in [0.3, 0.4) is 0 Å². The first-order valence-corrected chi connectivity index (χ1v) is 11.5. The third-order valence-electron chi connectivity index (χ3n) is 4.74. The zero-order valence-electron chi connectivity index (χ0n) is 20.3. The lowest BCUT2D eigenvalue weighted by Crippen LogP contribution is -2.09. The minimum atomic E-state index is -0.417. The number of phenolic OH excluding ortho intramolecular Hbond substituents is 1. The molecule has 0 amide bonds. The molecule has 4 aromatic carbocycles. The number of halogens is 1. The smallest absolute Gasteiger partial charge is 0.115 e. The van der Waals surface area contributed by atoms with Crippen molar-refractivity contribution in [2.75, 3.05) is 11.6 Å². The Morgan fingerprint density at radius 1 is 0.706 bits per heavy atom. The van der Waals surface area contributed by atoms with Crippen LogP contribution in [0.4, 0.5) is 21.5 Å². The van der Waals surface area contributed by atoms with E-state index in [-0.39, 0.29) is 5.75 Å². The molecule has 176 valence electrons. The number of aryl methyl sites for hydroxylation is 1. The SMILES string of the molecule is C=CCF.CCC.Cc1ccc(-c2ccc(N(c3ccccc3)c3ccc(O)cc3)cc2)cc1. The predicted molar refractivity (Wildman–Crippen MR) is 145 cm³/mol. The Kier molecular flexibility index (Phi) is 11.1. The molecule has 4 rings (SSSR count). The molecule has 4 aromatic rings. The normalized spacial score (nSPS) is 9.65. The highest BCUT2D eigenvalue weighted by molar-refractivity contribution is 5.78. The molecule has 2 nitrogen and oxygen atoms in total. The first-order valence-electron chi connectivity index (χ1n) is 11.5. The molecule has 0 spiro atoms. The summed E-state index contributed by atoms with van der Waals surface area (Å²) in [5, 5.41) is 9.64. The topological polar surface area (TPSA) is 23.5 Å². The third-order valence-corrected chi connectivity index (χ3v) is 4.74. The molecule has 0 aliphatic carbocycles. The van der Waals surface area contributed by atoms with Crippen molar-refractivity contribution in [3.8, 4) is 16.9 Å².